The van der Waals surface area contributed by atoms with Gasteiger partial charge in [0, 0.05) is 29.5 Å². The molecule has 0 unspecified atom stereocenters. The number of nitrogens with one attached hydrogen (secondary N) is 2. The standard InChI is InChI=1S/C21H19N3O2S/c1-13(25)22-16-9-7-15(8-10-16)19-12-27-21(23-19)24-20(26)18-11-17(18)14-5-3-2-4-6-14/h2-10,12,17-18H,11H2,1H3,(H,22,25)(H,23,24,26)/t17-,18+/m0/s1. The van der Waals surface area contributed by atoms with Crippen molar-refractivity contribution in [2.75, 3.05) is 10.6 Å². The molecule has 1 aromatic heterocycles. The second kappa shape index (κ2) is 7.32. The van der Waals surface area contributed by atoms with Gasteiger partial charge in [0.1, 0.15) is 0 Å². The highest BCUT2D eigenvalue weighted by Gasteiger charge is 2.44. The maximum atomic E-state index is 12.5. The zero-order valence-electron chi connectivity index (χ0n) is 14.8. The molecule has 4 rings (SSSR count). The molecule has 0 radical (unpaired) electrons. The van der Waals surface area contributed by atoms with Crippen LogP contribution in [-0.4, -0.2) is 16.8 Å². The molecule has 1 heterocycles. The van der Waals surface area contributed by atoms with E-state index in [1.54, 1.807) is 0 Å². The lowest BCUT2D eigenvalue weighted by Crippen LogP contribution is -2.14. The molecule has 0 spiro atoms. The minimum atomic E-state index is -0.102. The molecule has 3 aromatic rings. The maximum Gasteiger partial charge on any atom is 0.229 e. The van der Waals surface area contributed by atoms with Crippen LogP contribution in [0, 0.1) is 5.92 Å². The Morgan fingerprint density at radius 3 is 2.48 bits per heavy atom. The molecule has 136 valence electrons. The van der Waals surface area contributed by atoms with Crippen LogP contribution in [0.25, 0.3) is 11.3 Å². The zero-order chi connectivity index (χ0) is 18.8. The number of aromatic nitrogens is 1. The van der Waals surface area contributed by atoms with Crippen LogP contribution in [0.15, 0.2) is 60.0 Å². The Morgan fingerprint density at radius 1 is 1.04 bits per heavy atom. The molecule has 2 aromatic carbocycles. The van der Waals surface area contributed by atoms with Crippen molar-refractivity contribution in [1.29, 1.82) is 0 Å². The van der Waals surface area contributed by atoms with Gasteiger partial charge in [-0.1, -0.05) is 42.5 Å². The van der Waals surface area contributed by atoms with Gasteiger partial charge in [-0.2, -0.15) is 0 Å². The number of benzene rings is 2. The molecule has 2 amide bonds. The third-order valence-corrected chi connectivity index (χ3v) is 5.35. The summed E-state index contributed by atoms with van der Waals surface area (Å²) < 4.78 is 0. The molecule has 5 nitrogen and oxygen atoms in total. The van der Waals surface area contributed by atoms with Crippen molar-refractivity contribution in [3.8, 4) is 11.3 Å². The topological polar surface area (TPSA) is 71.1 Å². The van der Waals surface area contributed by atoms with E-state index in [1.165, 1.54) is 23.8 Å². The van der Waals surface area contributed by atoms with Gasteiger partial charge in [0.2, 0.25) is 11.8 Å². The van der Waals surface area contributed by atoms with Crippen molar-refractivity contribution in [2.45, 2.75) is 19.3 Å². The lowest BCUT2D eigenvalue weighted by molar-refractivity contribution is -0.117. The molecule has 2 atom stereocenters. The second-order valence-corrected chi connectivity index (χ2v) is 7.50. The first-order valence-electron chi connectivity index (χ1n) is 8.79. The predicted molar refractivity (Wildman–Crippen MR) is 108 cm³/mol. The Morgan fingerprint density at radius 2 is 1.78 bits per heavy atom. The van der Waals surface area contributed by atoms with Crippen LogP contribution in [0.3, 0.4) is 0 Å². The van der Waals surface area contributed by atoms with Crippen LogP contribution in [0.1, 0.15) is 24.8 Å². The van der Waals surface area contributed by atoms with Crippen LogP contribution >= 0.6 is 11.3 Å². The Hall–Kier alpha value is -2.99. The average molecular weight is 377 g/mol. The van der Waals surface area contributed by atoms with Gasteiger partial charge in [-0.15, -0.1) is 11.3 Å². The normalized spacial score (nSPS) is 18.0. The summed E-state index contributed by atoms with van der Waals surface area (Å²) in [5, 5.41) is 8.21. The third kappa shape index (κ3) is 4.06. The molecular formula is C21H19N3O2S. The molecular weight excluding hydrogens is 358 g/mol. The van der Waals surface area contributed by atoms with E-state index >= 15 is 0 Å². The van der Waals surface area contributed by atoms with E-state index in [9.17, 15) is 9.59 Å². The summed E-state index contributed by atoms with van der Waals surface area (Å²) in [5.74, 6) is 0.268. The Kier molecular flexibility index (Phi) is 4.73. The SMILES string of the molecule is CC(=O)Nc1ccc(-c2csc(NC(=O)[C@@H]3C[C@H]3c3ccccc3)n2)cc1. The van der Waals surface area contributed by atoms with Crippen LogP contribution in [0.4, 0.5) is 10.8 Å². The summed E-state index contributed by atoms with van der Waals surface area (Å²) in [4.78, 5) is 28.1. The molecule has 2 N–H and O–H groups in total. The number of carbonyl (C=O) groups is 2. The summed E-state index contributed by atoms with van der Waals surface area (Å²) in [7, 11) is 0. The minimum Gasteiger partial charge on any atom is -0.326 e. The first kappa shape index (κ1) is 17.4. The summed E-state index contributed by atoms with van der Waals surface area (Å²) in [6.45, 7) is 1.48. The van der Waals surface area contributed by atoms with E-state index in [1.807, 2.05) is 47.8 Å². The van der Waals surface area contributed by atoms with E-state index in [4.69, 9.17) is 0 Å². The van der Waals surface area contributed by atoms with E-state index in [-0.39, 0.29) is 17.7 Å². The average Bonchev–Trinajstić information content (AvgIpc) is 3.35. The number of amides is 2. The highest BCUT2D eigenvalue weighted by Crippen LogP contribution is 2.48. The number of rotatable bonds is 5. The fourth-order valence-electron chi connectivity index (χ4n) is 3.14. The largest absolute Gasteiger partial charge is 0.326 e. The minimum absolute atomic E-state index is 0.0247. The summed E-state index contributed by atoms with van der Waals surface area (Å²) >= 11 is 1.42. The fraction of sp³-hybridized carbons (Fsp3) is 0.190. The molecule has 27 heavy (non-hydrogen) atoms. The Bertz CT molecular complexity index is 967. The molecule has 1 aliphatic carbocycles. The van der Waals surface area contributed by atoms with Crippen molar-refractivity contribution in [1.82, 2.24) is 4.98 Å². The van der Waals surface area contributed by atoms with Crippen LogP contribution in [0.5, 0.6) is 0 Å². The lowest BCUT2D eigenvalue weighted by atomic mass is 10.1. The van der Waals surface area contributed by atoms with Gasteiger partial charge in [0.25, 0.3) is 0 Å². The second-order valence-electron chi connectivity index (χ2n) is 6.65. The monoisotopic (exact) mass is 377 g/mol. The molecule has 1 fully saturated rings. The molecule has 0 saturated heterocycles. The van der Waals surface area contributed by atoms with Crippen molar-refractivity contribution >= 4 is 34.0 Å². The van der Waals surface area contributed by atoms with Gasteiger partial charge < -0.3 is 10.6 Å². The first-order valence-corrected chi connectivity index (χ1v) is 9.67. The van der Waals surface area contributed by atoms with Gasteiger partial charge in [-0.3, -0.25) is 9.59 Å². The van der Waals surface area contributed by atoms with Gasteiger partial charge in [0.15, 0.2) is 5.13 Å². The van der Waals surface area contributed by atoms with Gasteiger partial charge >= 0.3 is 0 Å². The Labute approximate surface area is 161 Å². The maximum absolute atomic E-state index is 12.5. The number of nitrogens with zero attached hydrogens (tertiary/aromatic N) is 1. The highest BCUT2D eigenvalue weighted by atomic mass is 32.1. The highest BCUT2D eigenvalue weighted by molar-refractivity contribution is 7.14. The van der Waals surface area contributed by atoms with Crippen LogP contribution in [-0.2, 0) is 9.59 Å². The third-order valence-electron chi connectivity index (χ3n) is 4.59. The fourth-order valence-corrected chi connectivity index (χ4v) is 3.87. The smallest absolute Gasteiger partial charge is 0.229 e. The van der Waals surface area contributed by atoms with E-state index in [0.717, 1.165) is 23.4 Å². The van der Waals surface area contributed by atoms with E-state index in [2.05, 4.69) is 27.8 Å². The van der Waals surface area contributed by atoms with Gasteiger partial charge in [-0.25, -0.2) is 4.98 Å². The summed E-state index contributed by atoms with van der Waals surface area (Å²) in [6, 6.07) is 17.6. The van der Waals surface area contributed by atoms with Crippen molar-refractivity contribution in [2.24, 2.45) is 5.92 Å². The quantitative estimate of drug-likeness (QED) is 0.687. The molecule has 0 bridgehead atoms. The lowest BCUT2D eigenvalue weighted by Gasteiger charge is -2.03. The number of hydrogen-bond donors (Lipinski definition) is 2. The zero-order valence-corrected chi connectivity index (χ0v) is 15.6. The molecule has 1 saturated carbocycles. The number of thiazole rings is 1. The summed E-state index contributed by atoms with van der Waals surface area (Å²) in [6.07, 6.45) is 0.888. The van der Waals surface area contributed by atoms with Crippen LogP contribution < -0.4 is 10.6 Å². The molecule has 6 heteroatoms. The first-order chi connectivity index (χ1) is 13.1. The predicted octanol–water partition coefficient (Wildman–Crippen LogP) is 4.51. The summed E-state index contributed by atoms with van der Waals surface area (Å²) in [5.41, 5.74) is 3.71. The van der Waals surface area contributed by atoms with Crippen molar-refractivity contribution in [3.05, 3.63) is 65.5 Å². The molecule has 1 aliphatic rings. The number of hydrogen-bond acceptors (Lipinski definition) is 4. The van der Waals surface area contributed by atoms with Crippen molar-refractivity contribution < 1.29 is 9.59 Å². The number of anilines is 2. The number of carbonyl (C=O) groups excluding carboxylic acids is 2. The van der Waals surface area contributed by atoms with E-state index < -0.39 is 0 Å². The van der Waals surface area contributed by atoms with Crippen molar-refractivity contribution in [3.63, 3.8) is 0 Å². The van der Waals surface area contributed by atoms with Crippen LogP contribution in [0.2, 0.25) is 0 Å². The van der Waals surface area contributed by atoms with E-state index in [0.29, 0.717) is 11.0 Å². The van der Waals surface area contributed by atoms with Gasteiger partial charge in [0.05, 0.1) is 5.69 Å². The van der Waals surface area contributed by atoms with Gasteiger partial charge in [-0.05, 0) is 30.0 Å². The molecule has 0 aliphatic heterocycles. The Balaban J connectivity index is 1.38.